The van der Waals surface area contributed by atoms with E-state index in [0.717, 1.165) is 44.9 Å². The van der Waals surface area contributed by atoms with E-state index in [4.69, 9.17) is 13.8 Å². The van der Waals surface area contributed by atoms with Gasteiger partial charge in [0, 0.05) is 6.42 Å². The molecule has 0 radical (unpaired) electrons. The van der Waals surface area contributed by atoms with Gasteiger partial charge in [-0.1, -0.05) is 140 Å². The number of rotatable bonds is 36. The van der Waals surface area contributed by atoms with Gasteiger partial charge < -0.3 is 33.6 Å². The number of phosphoric ester groups is 1. The number of carbonyl (C=O) groups excluding carboxylic acids is 1. The second-order valence-electron chi connectivity index (χ2n) is 15.7. The lowest BCUT2D eigenvalue weighted by Gasteiger charge is -2.29. The van der Waals surface area contributed by atoms with Gasteiger partial charge in [-0.2, -0.15) is 0 Å². The Morgan fingerprint density at radius 2 is 1.32 bits per heavy atom. The zero-order chi connectivity index (χ0) is 39.0. The molecule has 0 spiro atoms. The molecule has 0 aromatic rings. The third kappa shape index (κ3) is 31.3. The Morgan fingerprint density at radius 1 is 0.774 bits per heavy atom. The van der Waals surface area contributed by atoms with Crippen molar-refractivity contribution >= 4 is 13.7 Å². The number of nitrogens with zero attached hydrogens (tertiary/aromatic N) is 1. The molecule has 1 aliphatic heterocycles. The molecule has 10 heteroatoms. The molecule has 308 valence electrons. The standard InChI is InChI=1S/C43H79N2O7P/c1-6-8-10-12-14-16-18-20-21-23-25-27-29-32-40(46)39(38-51-53(48,49)50-37-36-45(3,4)5)44-43(47)35-31-34-42-41(52-42)33-30-28-26-24-22-19-17-15-13-11-9-7-2/h15,17,22,24,28-30,32,39-42,46H,6-14,16,18-21,23,25-27,31,33-38H2,1-5H3,(H-,44,47,48,49)/b17-15-,24-22-,30-28-,32-29+/t39-,40+,41?,42?/m0/s1. The van der Waals surface area contributed by atoms with Crippen molar-refractivity contribution < 1.29 is 37.6 Å². The smallest absolute Gasteiger partial charge is 0.268 e. The summed E-state index contributed by atoms with van der Waals surface area (Å²) in [5.41, 5.74) is 0. The first kappa shape index (κ1) is 49.4. The lowest BCUT2D eigenvalue weighted by atomic mass is 10.0. The molecule has 2 N–H and O–H groups in total. The maximum atomic E-state index is 12.9. The molecule has 1 heterocycles. The lowest BCUT2D eigenvalue weighted by Crippen LogP contribution is -2.45. The number of hydrogen-bond donors (Lipinski definition) is 2. The van der Waals surface area contributed by atoms with E-state index in [0.29, 0.717) is 17.4 Å². The Labute approximate surface area is 324 Å². The molecule has 1 aliphatic rings. The number of phosphoric acid groups is 1. The average molecular weight is 767 g/mol. The summed E-state index contributed by atoms with van der Waals surface area (Å²) in [6.45, 7) is 4.53. The van der Waals surface area contributed by atoms with Crippen molar-refractivity contribution in [1.29, 1.82) is 0 Å². The monoisotopic (exact) mass is 767 g/mol. The fraction of sp³-hybridized carbons (Fsp3) is 0.791. The number of epoxide rings is 1. The second kappa shape index (κ2) is 31.6. The van der Waals surface area contributed by atoms with Gasteiger partial charge in [0.1, 0.15) is 13.2 Å². The molecule has 0 aliphatic carbocycles. The summed E-state index contributed by atoms with van der Waals surface area (Å²) in [5.74, 6) is -0.261. The molecule has 0 bridgehead atoms. The van der Waals surface area contributed by atoms with Gasteiger partial charge in [-0.05, 0) is 57.8 Å². The number of amides is 1. The molecule has 1 saturated heterocycles. The van der Waals surface area contributed by atoms with Gasteiger partial charge in [0.2, 0.25) is 5.91 Å². The largest absolute Gasteiger partial charge is 0.756 e. The van der Waals surface area contributed by atoms with Gasteiger partial charge >= 0.3 is 0 Å². The Bertz CT molecular complexity index is 1070. The van der Waals surface area contributed by atoms with Crippen molar-refractivity contribution in [2.75, 3.05) is 40.9 Å². The van der Waals surface area contributed by atoms with Crippen molar-refractivity contribution in [3.63, 3.8) is 0 Å². The SMILES string of the molecule is CCCCC/C=C\C/C=C\C/C=C\CC1OC1CCCC(=O)N[C@@H](COP(=O)([O-])OCC[N+](C)(C)C)[C@H](O)/C=C/CCCCCCCCCCCCC. The highest BCUT2D eigenvalue weighted by molar-refractivity contribution is 7.45. The molecule has 9 nitrogen and oxygen atoms in total. The average Bonchev–Trinajstić information content (AvgIpc) is 3.86. The Hall–Kier alpha value is -1.58. The number of carbonyl (C=O) groups is 1. The predicted octanol–water partition coefficient (Wildman–Crippen LogP) is 9.65. The van der Waals surface area contributed by atoms with Gasteiger partial charge in [0.15, 0.2) is 0 Å². The maximum Gasteiger partial charge on any atom is 0.268 e. The Morgan fingerprint density at radius 3 is 1.96 bits per heavy atom. The zero-order valence-electron chi connectivity index (χ0n) is 34.4. The Kier molecular flexibility index (Phi) is 29.5. The quantitative estimate of drug-likeness (QED) is 0.0214. The van der Waals surface area contributed by atoms with Crippen LogP contribution in [0.2, 0.25) is 0 Å². The highest BCUT2D eigenvalue weighted by Gasteiger charge is 2.36. The lowest BCUT2D eigenvalue weighted by molar-refractivity contribution is -0.870. The third-order valence-electron chi connectivity index (χ3n) is 9.46. The van der Waals surface area contributed by atoms with Crippen LogP contribution in [-0.2, 0) is 23.1 Å². The van der Waals surface area contributed by atoms with E-state index in [1.165, 1.54) is 83.5 Å². The number of hydrogen-bond acceptors (Lipinski definition) is 7. The summed E-state index contributed by atoms with van der Waals surface area (Å²) >= 11 is 0. The van der Waals surface area contributed by atoms with Crippen LogP contribution in [0.1, 0.15) is 155 Å². The summed E-state index contributed by atoms with van der Waals surface area (Å²) in [6.07, 6.45) is 40.2. The van der Waals surface area contributed by atoms with Crippen molar-refractivity contribution in [1.82, 2.24) is 5.32 Å². The van der Waals surface area contributed by atoms with E-state index in [1.54, 1.807) is 6.08 Å². The van der Waals surface area contributed by atoms with Gasteiger partial charge in [-0.3, -0.25) is 9.36 Å². The van der Waals surface area contributed by atoms with E-state index in [-0.39, 0.29) is 31.1 Å². The first-order valence-electron chi connectivity index (χ1n) is 21.1. The van der Waals surface area contributed by atoms with E-state index in [1.807, 2.05) is 27.2 Å². The number of allylic oxidation sites excluding steroid dienone is 6. The van der Waals surface area contributed by atoms with Crippen molar-refractivity contribution in [2.45, 2.75) is 179 Å². The third-order valence-corrected chi connectivity index (χ3v) is 10.4. The molecule has 53 heavy (non-hydrogen) atoms. The van der Waals surface area contributed by atoms with Gasteiger partial charge in [0.25, 0.3) is 7.82 Å². The van der Waals surface area contributed by atoms with E-state index < -0.39 is 26.6 Å². The fourth-order valence-electron chi connectivity index (χ4n) is 5.94. The molecule has 0 saturated carbocycles. The van der Waals surface area contributed by atoms with E-state index >= 15 is 0 Å². The van der Waals surface area contributed by atoms with Gasteiger partial charge in [-0.15, -0.1) is 0 Å². The van der Waals surface area contributed by atoms with Crippen LogP contribution in [0, 0.1) is 0 Å². The minimum Gasteiger partial charge on any atom is -0.756 e. The number of ether oxygens (including phenoxy) is 1. The summed E-state index contributed by atoms with van der Waals surface area (Å²) in [4.78, 5) is 25.3. The van der Waals surface area contributed by atoms with Crippen LogP contribution in [0.4, 0.5) is 0 Å². The summed E-state index contributed by atoms with van der Waals surface area (Å²) < 4.78 is 29.0. The Balaban J connectivity index is 2.42. The number of aliphatic hydroxyl groups is 1. The first-order chi connectivity index (χ1) is 25.5. The number of quaternary nitrogens is 1. The van der Waals surface area contributed by atoms with Crippen LogP contribution in [0.15, 0.2) is 48.6 Å². The molecule has 0 aromatic heterocycles. The van der Waals surface area contributed by atoms with Crippen LogP contribution in [0.5, 0.6) is 0 Å². The second-order valence-corrected chi connectivity index (χ2v) is 17.1. The van der Waals surface area contributed by atoms with Crippen molar-refractivity contribution in [2.24, 2.45) is 0 Å². The molecule has 1 amide bonds. The van der Waals surface area contributed by atoms with E-state index in [9.17, 15) is 19.4 Å². The predicted molar refractivity (Wildman–Crippen MR) is 218 cm³/mol. The molecular formula is C43H79N2O7P. The molecular weight excluding hydrogens is 687 g/mol. The van der Waals surface area contributed by atoms with Crippen LogP contribution in [-0.4, -0.2) is 80.8 Å². The van der Waals surface area contributed by atoms with Crippen LogP contribution >= 0.6 is 7.82 Å². The molecule has 0 aromatic carbocycles. The highest BCUT2D eigenvalue weighted by Crippen LogP contribution is 2.38. The first-order valence-corrected chi connectivity index (χ1v) is 22.6. The van der Waals surface area contributed by atoms with Crippen molar-refractivity contribution in [3.8, 4) is 0 Å². The van der Waals surface area contributed by atoms with Gasteiger partial charge in [-0.25, -0.2) is 0 Å². The van der Waals surface area contributed by atoms with Crippen LogP contribution in [0.3, 0.4) is 0 Å². The number of likely N-dealkylation sites (N-methyl/N-ethyl adjacent to an activating group) is 1. The minimum absolute atomic E-state index is 0.0170. The minimum atomic E-state index is -4.61. The normalized spacial score (nSPS) is 18.8. The summed E-state index contributed by atoms with van der Waals surface area (Å²) in [6, 6.07) is -0.925. The molecule has 5 atom stereocenters. The van der Waals surface area contributed by atoms with E-state index in [2.05, 4.69) is 55.6 Å². The topological polar surface area (TPSA) is 120 Å². The molecule has 1 rings (SSSR count). The van der Waals surface area contributed by atoms with Crippen molar-refractivity contribution in [3.05, 3.63) is 48.6 Å². The van der Waals surface area contributed by atoms with Crippen LogP contribution < -0.4 is 10.2 Å². The summed E-state index contributed by atoms with van der Waals surface area (Å²) in [5, 5.41) is 13.7. The van der Waals surface area contributed by atoms with Gasteiger partial charge in [0.05, 0.1) is 52.1 Å². The maximum absolute atomic E-state index is 12.9. The highest BCUT2D eigenvalue weighted by atomic mass is 31.2. The fourth-order valence-corrected chi connectivity index (χ4v) is 6.67. The molecule has 1 fully saturated rings. The summed E-state index contributed by atoms with van der Waals surface area (Å²) in [7, 11) is 1.20. The molecule has 3 unspecified atom stereocenters. The zero-order valence-corrected chi connectivity index (χ0v) is 35.3. The number of nitrogens with one attached hydrogen (secondary N) is 1. The van der Waals surface area contributed by atoms with Crippen LogP contribution in [0.25, 0.3) is 0 Å². The number of unbranched alkanes of at least 4 members (excludes halogenated alkanes) is 14. The number of aliphatic hydroxyl groups excluding tert-OH is 1.